The van der Waals surface area contributed by atoms with E-state index < -0.39 is 6.61 Å². The summed E-state index contributed by atoms with van der Waals surface area (Å²) >= 11 is 0. The smallest absolute Gasteiger partial charge is 0.387 e. The number of ether oxygens (including phenoxy) is 1. The first-order valence-corrected chi connectivity index (χ1v) is 9.91. The van der Waals surface area contributed by atoms with E-state index >= 15 is 0 Å². The van der Waals surface area contributed by atoms with Gasteiger partial charge in [-0.25, -0.2) is 0 Å². The lowest BCUT2D eigenvalue weighted by atomic mass is 10.1. The first kappa shape index (κ1) is 21.1. The van der Waals surface area contributed by atoms with E-state index in [0.29, 0.717) is 19.0 Å². The third kappa shape index (κ3) is 6.45. The predicted octanol–water partition coefficient (Wildman–Crippen LogP) is 3.77. The third-order valence-corrected chi connectivity index (χ3v) is 4.97. The van der Waals surface area contributed by atoms with E-state index in [2.05, 4.69) is 25.3 Å². The average Bonchev–Trinajstić information content (AvgIpc) is 3.25. The second-order valence-electron chi connectivity index (χ2n) is 6.96. The van der Waals surface area contributed by atoms with Gasteiger partial charge in [0.2, 0.25) is 0 Å². The molecule has 1 saturated heterocycles. The van der Waals surface area contributed by atoms with E-state index in [9.17, 15) is 8.78 Å². The molecular weight excluding hydrogens is 378 g/mol. The Hall–Kier alpha value is -2.61. The number of likely N-dealkylation sites (tertiary alicyclic amines) is 1. The summed E-state index contributed by atoms with van der Waals surface area (Å²) in [6.07, 6.45) is 5.36. The Balaban J connectivity index is 1.56. The van der Waals surface area contributed by atoms with Crippen LogP contribution in [0.25, 0.3) is 0 Å². The number of hydrogen-bond donors (Lipinski definition) is 2. The highest BCUT2D eigenvalue weighted by Crippen LogP contribution is 2.24. The molecule has 1 atom stereocenters. The Labute approximate surface area is 169 Å². The summed E-state index contributed by atoms with van der Waals surface area (Å²) in [6.45, 7) is 0.365. The van der Waals surface area contributed by atoms with Crippen LogP contribution in [0.4, 0.5) is 8.78 Å². The molecule has 1 unspecified atom stereocenters. The number of hydrogen-bond acceptors (Lipinski definition) is 4. The zero-order valence-corrected chi connectivity index (χ0v) is 16.6. The van der Waals surface area contributed by atoms with E-state index in [1.807, 2.05) is 18.2 Å². The predicted molar refractivity (Wildman–Crippen MR) is 108 cm³/mol. The van der Waals surface area contributed by atoms with Crippen molar-refractivity contribution in [3.63, 3.8) is 0 Å². The molecule has 1 aliphatic heterocycles. The maximum atomic E-state index is 12.4. The molecule has 3 rings (SSSR count). The molecule has 0 amide bonds. The van der Waals surface area contributed by atoms with Gasteiger partial charge in [0.15, 0.2) is 5.96 Å². The van der Waals surface area contributed by atoms with Crippen LogP contribution in [0.15, 0.2) is 52.1 Å². The van der Waals surface area contributed by atoms with Crippen molar-refractivity contribution in [3.05, 3.63) is 54.0 Å². The Morgan fingerprint density at radius 3 is 2.69 bits per heavy atom. The minimum absolute atomic E-state index is 0.131. The summed E-state index contributed by atoms with van der Waals surface area (Å²) in [7, 11) is 1.70. The third-order valence-electron chi connectivity index (χ3n) is 4.97. The van der Waals surface area contributed by atoms with E-state index in [0.717, 1.165) is 24.4 Å². The Bertz CT molecular complexity index is 762. The van der Waals surface area contributed by atoms with Crippen LogP contribution in [0.2, 0.25) is 0 Å². The van der Waals surface area contributed by atoms with Gasteiger partial charge >= 0.3 is 6.61 Å². The standard InChI is InChI=1S/C21H28F2N4O2/c1-24-21(25-14-16-7-5-8-17(13-16)29-20(22)23)26-15-18(19-9-6-12-28-19)27-10-3-2-4-11-27/h5-9,12-13,18,20H,2-4,10-11,14-15H2,1H3,(H2,24,25,26). The van der Waals surface area contributed by atoms with Gasteiger partial charge in [0.1, 0.15) is 11.5 Å². The fraction of sp³-hybridized carbons (Fsp3) is 0.476. The van der Waals surface area contributed by atoms with Gasteiger partial charge in [0.25, 0.3) is 0 Å². The number of halogens is 2. The molecule has 8 heteroatoms. The Kier molecular flexibility index (Phi) is 7.86. The highest BCUT2D eigenvalue weighted by molar-refractivity contribution is 5.79. The van der Waals surface area contributed by atoms with Crippen molar-refractivity contribution in [2.75, 3.05) is 26.7 Å². The minimum atomic E-state index is -2.83. The molecule has 0 spiro atoms. The highest BCUT2D eigenvalue weighted by atomic mass is 19.3. The number of benzene rings is 1. The van der Waals surface area contributed by atoms with Crippen LogP contribution in [0.3, 0.4) is 0 Å². The number of alkyl halides is 2. The summed E-state index contributed by atoms with van der Waals surface area (Å²) in [4.78, 5) is 6.70. The van der Waals surface area contributed by atoms with E-state index in [-0.39, 0.29) is 11.8 Å². The van der Waals surface area contributed by atoms with Crippen LogP contribution < -0.4 is 15.4 Å². The fourth-order valence-electron chi connectivity index (χ4n) is 3.55. The topological polar surface area (TPSA) is 62.0 Å². The van der Waals surface area contributed by atoms with Gasteiger partial charge in [-0.3, -0.25) is 9.89 Å². The summed E-state index contributed by atoms with van der Waals surface area (Å²) in [5, 5.41) is 6.57. The number of aliphatic imine (C=N–C) groups is 1. The molecule has 0 aliphatic carbocycles. The second-order valence-corrected chi connectivity index (χ2v) is 6.96. The lowest BCUT2D eigenvalue weighted by Gasteiger charge is -2.33. The molecule has 0 saturated carbocycles. The van der Waals surface area contributed by atoms with Crippen LogP contribution in [-0.4, -0.2) is 44.2 Å². The van der Waals surface area contributed by atoms with E-state index in [1.54, 1.807) is 25.4 Å². The quantitative estimate of drug-likeness (QED) is 0.516. The van der Waals surface area contributed by atoms with Crippen LogP contribution in [0, 0.1) is 0 Å². The summed E-state index contributed by atoms with van der Waals surface area (Å²) in [5.41, 5.74) is 0.824. The lowest BCUT2D eigenvalue weighted by molar-refractivity contribution is -0.0498. The average molecular weight is 406 g/mol. The van der Waals surface area contributed by atoms with Gasteiger partial charge in [0, 0.05) is 20.1 Å². The van der Waals surface area contributed by atoms with Crippen molar-refractivity contribution in [2.24, 2.45) is 4.99 Å². The van der Waals surface area contributed by atoms with Crippen molar-refractivity contribution in [2.45, 2.75) is 38.5 Å². The number of nitrogens with one attached hydrogen (secondary N) is 2. The van der Waals surface area contributed by atoms with Gasteiger partial charge in [-0.1, -0.05) is 18.6 Å². The number of guanidine groups is 1. The van der Waals surface area contributed by atoms with Crippen molar-refractivity contribution in [3.8, 4) is 5.75 Å². The molecular formula is C21H28F2N4O2. The molecule has 1 aromatic carbocycles. The second kappa shape index (κ2) is 10.8. The SMILES string of the molecule is CN=C(NCc1cccc(OC(F)F)c1)NCC(c1ccco1)N1CCCCC1. The zero-order chi connectivity index (χ0) is 20.5. The Morgan fingerprint density at radius 1 is 1.17 bits per heavy atom. The molecule has 2 aromatic rings. The first-order chi connectivity index (χ1) is 14.2. The van der Waals surface area contributed by atoms with Gasteiger partial charge in [0.05, 0.1) is 12.3 Å². The van der Waals surface area contributed by atoms with Gasteiger partial charge in [-0.05, 0) is 55.8 Å². The summed E-state index contributed by atoms with van der Waals surface area (Å²) in [6, 6.07) is 10.7. The zero-order valence-electron chi connectivity index (χ0n) is 16.6. The minimum Gasteiger partial charge on any atom is -0.468 e. The van der Waals surface area contributed by atoms with Crippen molar-refractivity contribution < 1.29 is 17.9 Å². The van der Waals surface area contributed by atoms with Crippen LogP contribution in [0.5, 0.6) is 5.75 Å². The van der Waals surface area contributed by atoms with Crippen molar-refractivity contribution in [1.29, 1.82) is 0 Å². The first-order valence-electron chi connectivity index (χ1n) is 9.91. The molecule has 1 aromatic heterocycles. The highest BCUT2D eigenvalue weighted by Gasteiger charge is 2.24. The maximum absolute atomic E-state index is 12.4. The summed E-state index contributed by atoms with van der Waals surface area (Å²) in [5.74, 6) is 1.72. The molecule has 1 fully saturated rings. The number of piperidine rings is 1. The van der Waals surface area contributed by atoms with E-state index in [4.69, 9.17) is 4.42 Å². The number of nitrogens with zero attached hydrogens (tertiary/aromatic N) is 2. The molecule has 29 heavy (non-hydrogen) atoms. The largest absolute Gasteiger partial charge is 0.468 e. The molecule has 2 heterocycles. The molecule has 0 radical (unpaired) electrons. The van der Waals surface area contributed by atoms with Gasteiger partial charge in [-0.15, -0.1) is 0 Å². The molecule has 2 N–H and O–H groups in total. The van der Waals surface area contributed by atoms with Crippen molar-refractivity contribution in [1.82, 2.24) is 15.5 Å². The molecule has 6 nitrogen and oxygen atoms in total. The number of furan rings is 1. The normalized spacial score (nSPS) is 16.6. The monoisotopic (exact) mass is 406 g/mol. The summed E-state index contributed by atoms with van der Waals surface area (Å²) < 4.78 is 34.9. The van der Waals surface area contributed by atoms with Gasteiger partial charge < -0.3 is 19.8 Å². The van der Waals surface area contributed by atoms with Crippen LogP contribution in [0.1, 0.15) is 36.6 Å². The van der Waals surface area contributed by atoms with Crippen LogP contribution >= 0.6 is 0 Å². The molecule has 158 valence electrons. The Morgan fingerprint density at radius 2 is 2.00 bits per heavy atom. The van der Waals surface area contributed by atoms with E-state index in [1.165, 1.54) is 25.3 Å². The van der Waals surface area contributed by atoms with Crippen molar-refractivity contribution >= 4 is 5.96 Å². The lowest BCUT2D eigenvalue weighted by Crippen LogP contribution is -2.44. The van der Waals surface area contributed by atoms with Crippen LogP contribution in [-0.2, 0) is 6.54 Å². The fourth-order valence-corrected chi connectivity index (χ4v) is 3.55. The molecule has 1 aliphatic rings. The van der Waals surface area contributed by atoms with Gasteiger partial charge in [-0.2, -0.15) is 8.78 Å². The maximum Gasteiger partial charge on any atom is 0.387 e. The molecule has 0 bridgehead atoms. The number of rotatable bonds is 8.